The molecule has 4 aromatic carbocycles. The van der Waals surface area contributed by atoms with Crippen molar-refractivity contribution < 1.29 is 18.7 Å². The number of hydrogen-bond acceptors (Lipinski definition) is 7. The first-order valence-corrected chi connectivity index (χ1v) is 15.6. The van der Waals surface area contributed by atoms with E-state index in [0.29, 0.717) is 60.5 Å². The van der Waals surface area contributed by atoms with Crippen LogP contribution in [0, 0.1) is 6.92 Å². The van der Waals surface area contributed by atoms with Gasteiger partial charge in [0.25, 0.3) is 11.5 Å². The van der Waals surface area contributed by atoms with Gasteiger partial charge in [0.05, 0.1) is 28.2 Å². The predicted octanol–water partition coefficient (Wildman–Crippen LogP) is 7.94. The largest absolute Gasteiger partial charge is 0.490 e. The molecule has 0 radical (unpaired) electrons. The van der Waals surface area contributed by atoms with E-state index < -0.39 is 0 Å². The van der Waals surface area contributed by atoms with Crippen molar-refractivity contribution in [2.24, 2.45) is 5.10 Å². The molecule has 9 nitrogen and oxygen atoms in total. The summed E-state index contributed by atoms with van der Waals surface area (Å²) in [5, 5.41) is 8.73. The Hall–Kier alpha value is -4.74. The van der Waals surface area contributed by atoms with Crippen LogP contribution in [0.15, 0.2) is 108 Å². The second-order valence-corrected chi connectivity index (χ2v) is 11.6. The lowest BCUT2D eigenvalue weighted by Crippen LogP contribution is -2.21. The first-order chi connectivity index (χ1) is 21.8. The van der Waals surface area contributed by atoms with Gasteiger partial charge in [0, 0.05) is 21.1 Å². The van der Waals surface area contributed by atoms with Gasteiger partial charge in [-0.3, -0.25) is 9.59 Å². The highest BCUT2D eigenvalue weighted by Gasteiger charge is 2.20. The molecule has 0 aliphatic rings. The molecule has 0 aliphatic carbocycles. The molecule has 11 heteroatoms. The summed E-state index contributed by atoms with van der Waals surface area (Å²) in [4.78, 5) is 31.1. The molecular weight excluding hydrogens is 704 g/mol. The lowest BCUT2D eigenvalue weighted by atomic mass is 10.2. The number of aromatic nitrogens is 2. The molecule has 0 saturated heterocycles. The molecule has 0 saturated carbocycles. The molecule has 45 heavy (non-hydrogen) atoms. The first-order valence-electron chi connectivity index (χ1n) is 14.0. The molecule has 1 N–H and O–H groups in total. The maximum Gasteiger partial charge on any atom is 0.282 e. The number of furan rings is 1. The molecule has 0 fully saturated rings. The summed E-state index contributed by atoms with van der Waals surface area (Å²) in [7, 11) is 0. The first kappa shape index (κ1) is 30.3. The summed E-state index contributed by atoms with van der Waals surface area (Å²) in [6.45, 7) is 3.87. The standard InChI is InChI=1S/C34H26Br2N4O5/c1-3-43-27-17-22(30(35)31(36)32(27)44-19-29(41)38-24-13-7-4-10-20(24)2)18-37-40-33(28-16-21-11-5-9-15-26(21)45-28)39-25-14-8-6-12-23(25)34(40)42/h4-18H,3,19H2,1-2H3,(H,38,41). The maximum absolute atomic E-state index is 13.7. The van der Waals surface area contributed by atoms with Crippen molar-refractivity contribution >= 4 is 71.5 Å². The lowest BCUT2D eigenvalue weighted by Gasteiger charge is -2.16. The molecule has 226 valence electrons. The number of benzene rings is 4. The number of carbonyl (C=O) groups excluding carboxylic acids is 1. The van der Waals surface area contributed by atoms with Gasteiger partial charge < -0.3 is 19.2 Å². The zero-order chi connectivity index (χ0) is 31.5. The number of halogens is 2. The third-order valence-electron chi connectivity index (χ3n) is 6.93. The van der Waals surface area contributed by atoms with Crippen molar-refractivity contribution in [1.29, 1.82) is 0 Å². The number of hydrogen-bond donors (Lipinski definition) is 1. The quantitative estimate of drug-likeness (QED) is 0.152. The normalized spacial score (nSPS) is 11.4. The number of amides is 1. The van der Waals surface area contributed by atoms with E-state index in [1.54, 1.807) is 24.3 Å². The van der Waals surface area contributed by atoms with Gasteiger partial charge in [-0.25, -0.2) is 4.98 Å². The van der Waals surface area contributed by atoms with Crippen LogP contribution in [0.3, 0.4) is 0 Å². The van der Waals surface area contributed by atoms with Crippen LogP contribution in [0.4, 0.5) is 5.69 Å². The summed E-state index contributed by atoms with van der Waals surface area (Å²) < 4.78 is 20.2. The highest BCUT2D eigenvalue weighted by molar-refractivity contribution is 9.13. The van der Waals surface area contributed by atoms with E-state index in [-0.39, 0.29) is 23.9 Å². The fourth-order valence-corrected chi connectivity index (χ4v) is 5.67. The highest BCUT2D eigenvalue weighted by atomic mass is 79.9. The molecule has 1 amide bonds. The third-order valence-corrected chi connectivity index (χ3v) is 9.08. The maximum atomic E-state index is 13.7. The number of ether oxygens (including phenoxy) is 2. The number of nitrogens with zero attached hydrogens (tertiary/aromatic N) is 3. The Balaban J connectivity index is 1.36. The average Bonchev–Trinajstić information content (AvgIpc) is 3.48. The number of para-hydroxylation sites is 3. The molecule has 0 atom stereocenters. The number of fused-ring (bicyclic) bond motifs is 2. The van der Waals surface area contributed by atoms with Crippen LogP contribution >= 0.6 is 31.9 Å². The van der Waals surface area contributed by atoms with Gasteiger partial charge in [-0.2, -0.15) is 9.78 Å². The topological polar surface area (TPSA) is 108 Å². The van der Waals surface area contributed by atoms with Crippen LogP contribution in [-0.4, -0.2) is 35.0 Å². The van der Waals surface area contributed by atoms with Crippen molar-refractivity contribution in [3.63, 3.8) is 0 Å². The summed E-state index contributed by atoms with van der Waals surface area (Å²) >= 11 is 7.19. The molecule has 2 heterocycles. The molecule has 2 aromatic heterocycles. The monoisotopic (exact) mass is 728 g/mol. The molecule has 0 aliphatic heterocycles. The summed E-state index contributed by atoms with van der Waals surface area (Å²) in [6.07, 6.45) is 1.52. The van der Waals surface area contributed by atoms with Crippen molar-refractivity contribution in [3.05, 3.63) is 115 Å². The molecule has 0 bridgehead atoms. The second-order valence-electron chi connectivity index (χ2n) is 9.97. The van der Waals surface area contributed by atoms with Crippen LogP contribution in [0.2, 0.25) is 0 Å². The van der Waals surface area contributed by atoms with Crippen LogP contribution in [0.5, 0.6) is 11.5 Å². The number of aryl methyl sites for hydroxylation is 1. The minimum atomic E-state index is -0.354. The smallest absolute Gasteiger partial charge is 0.282 e. The Labute approximate surface area is 274 Å². The lowest BCUT2D eigenvalue weighted by molar-refractivity contribution is -0.118. The minimum Gasteiger partial charge on any atom is -0.490 e. The Morgan fingerprint density at radius 2 is 1.76 bits per heavy atom. The zero-order valence-electron chi connectivity index (χ0n) is 24.2. The van der Waals surface area contributed by atoms with Gasteiger partial charge in [-0.1, -0.05) is 48.5 Å². The SMILES string of the molecule is CCOc1cc(C=Nn2c(-c3cc4ccccc4o3)nc3ccccc3c2=O)c(Br)c(Br)c1OCC(=O)Nc1ccccc1C. The summed E-state index contributed by atoms with van der Waals surface area (Å²) in [5.41, 5.74) is 3.08. The van der Waals surface area contributed by atoms with E-state index >= 15 is 0 Å². The molecule has 0 spiro atoms. The van der Waals surface area contributed by atoms with Gasteiger partial charge in [0.1, 0.15) is 5.58 Å². The fraction of sp³-hybridized carbons (Fsp3) is 0.118. The Bertz CT molecular complexity index is 2120. The molecule has 0 unspecified atom stereocenters. The Morgan fingerprint density at radius 3 is 2.56 bits per heavy atom. The highest BCUT2D eigenvalue weighted by Crippen LogP contribution is 2.42. The van der Waals surface area contributed by atoms with E-state index in [1.165, 1.54) is 10.9 Å². The summed E-state index contributed by atoms with van der Waals surface area (Å²) in [5.74, 6) is 1.07. The van der Waals surface area contributed by atoms with Crippen LogP contribution in [0.25, 0.3) is 33.5 Å². The second kappa shape index (κ2) is 13.1. The zero-order valence-corrected chi connectivity index (χ0v) is 27.4. The number of anilines is 1. The molecular formula is C34H26Br2N4O5. The van der Waals surface area contributed by atoms with Gasteiger partial charge >= 0.3 is 0 Å². The Kier molecular flexibility index (Phi) is 8.81. The van der Waals surface area contributed by atoms with Crippen molar-refractivity contribution in [2.45, 2.75) is 13.8 Å². The minimum absolute atomic E-state index is 0.244. The molecule has 6 aromatic rings. The van der Waals surface area contributed by atoms with Crippen LogP contribution < -0.4 is 20.3 Å². The van der Waals surface area contributed by atoms with Gasteiger partial charge in [0.15, 0.2) is 23.9 Å². The van der Waals surface area contributed by atoms with E-state index in [9.17, 15) is 9.59 Å². The summed E-state index contributed by atoms with van der Waals surface area (Å²) in [6, 6.07) is 25.7. The van der Waals surface area contributed by atoms with Crippen LogP contribution in [-0.2, 0) is 4.79 Å². The number of nitrogens with one attached hydrogen (secondary N) is 1. The third kappa shape index (κ3) is 6.27. The van der Waals surface area contributed by atoms with Gasteiger partial charge in [0.2, 0.25) is 5.82 Å². The van der Waals surface area contributed by atoms with Gasteiger partial charge in [-0.05, 0) is 87.7 Å². The van der Waals surface area contributed by atoms with Crippen molar-refractivity contribution in [2.75, 3.05) is 18.5 Å². The van der Waals surface area contributed by atoms with E-state index in [1.807, 2.05) is 74.5 Å². The van der Waals surface area contributed by atoms with Gasteiger partial charge in [-0.15, -0.1) is 0 Å². The fourth-order valence-electron chi connectivity index (χ4n) is 4.74. The molecule has 6 rings (SSSR count). The van der Waals surface area contributed by atoms with E-state index in [4.69, 9.17) is 18.9 Å². The average molecular weight is 730 g/mol. The number of carbonyl (C=O) groups is 1. The van der Waals surface area contributed by atoms with Crippen molar-refractivity contribution in [1.82, 2.24) is 9.66 Å². The number of rotatable bonds is 9. The van der Waals surface area contributed by atoms with Crippen LogP contribution in [0.1, 0.15) is 18.1 Å². The Morgan fingerprint density at radius 1 is 1.00 bits per heavy atom. The van der Waals surface area contributed by atoms with E-state index in [0.717, 1.165) is 10.9 Å². The van der Waals surface area contributed by atoms with Crippen molar-refractivity contribution in [3.8, 4) is 23.1 Å². The van der Waals surface area contributed by atoms with E-state index in [2.05, 4.69) is 42.3 Å². The predicted molar refractivity (Wildman–Crippen MR) is 183 cm³/mol.